The number of hydrogen-bond acceptors (Lipinski definition) is 1. The average molecular weight is 372 g/mol. The Labute approximate surface area is 148 Å². The SMILES string of the molecule is CC(C)(C)N([O])C(c1ccccc1)C(F)(F)c1cccc(C(F)(F)F)c1. The Hall–Kier alpha value is -1.99. The minimum Gasteiger partial charge on any atom is -0.199 e. The molecule has 2 rings (SSSR count). The van der Waals surface area contributed by atoms with Gasteiger partial charge in [0.25, 0.3) is 5.92 Å². The molecule has 2 nitrogen and oxygen atoms in total. The quantitative estimate of drug-likeness (QED) is 0.478. The van der Waals surface area contributed by atoms with Crippen molar-refractivity contribution >= 4 is 0 Å². The van der Waals surface area contributed by atoms with E-state index >= 15 is 8.78 Å². The van der Waals surface area contributed by atoms with Gasteiger partial charge in [-0.1, -0.05) is 42.5 Å². The largest absolute Gasteiger partial charge is 0.416 e. The third kappa shape index (κ3) is 4.22. The van der Waals surface area contributed by atoms with Crippen molar-refractivity contribution in [1.82, 2.24) is 5.06 Å². The molecule has 0 N–H and O–H groups in total. The van der Waals surface area contributed by atoms with Crippen molar-refractivity contribution in [1.29, 1.82) is 0 Å². The number of alkyl halides is 5. The summed E-state index contributed by atoms with van der Waals surface area (Å²) in [5, 5.41) is 12.9. The first-order valence-electron chi connectivity index (χ1n) is 7.92. The molecule has 0 aliphatic carbocycles. The van der Waals surface area contributed by atoms with Crippen molar-refractivity contribution in [3.63, 3.8) is 0 Å². The van der Waals surface area contributed by atoms with Crippen molar-refractivity contribution in [2.45, 2.75) is 44.5 Å². The molecule has 0 aromatic heterocycles. The van der Waals surface area contributed by atoms with Gasteiger partial charge < -0.3 is 0 Å². The van der Waals surface area contributed by atoms with Crippen LogP contribution in [0, 0.1) is 0 Å². The van der Waals surface area contributed by atoms with E-state index in [2.05, 4.69) is 0 Å². The monoisotopic (exact) mass is 372 g/mol. The maximum absolute atomic E-state index is 15.2. The lowest BCUT2D eigenvalue weighted by atomic mass is 9.91. The van der Waals surface area contributed by atoms with E-state index in [0.29, 0.717) is 6.07 Å². The van der Waals surface area contributed by atoms with Crippen molar-refractivity contribution in [2.24, 2.45) is 0 Å². The molecule has 0 spiro atoms. The fraction of sp³-hybridized carbons (Fsp3) is 0.368. The summed E-state index contributed by atoms with van der Waals surface area (Å²) in [4.78, 5) is 0. The van der Waals surface area contributed by atoms with E-state index in [-0.39, 0.29) is 10.6 Å². The fourth-order valence-corrected chi connectivity index (χ4v) is 2.58. The maximum Gasteiger partial charge on any atom is 0.416 e. The highest BCUT2D eigenvalue weighted by atomic mass is 19.4. The van der Waals surface area contributed by atoms with Gasteiger partial charge in [-0.2, -0.15) is 22.0 Å². The Morgan fingerprint density at radius 2 is 1.35 bits per heavy atom. The van der Waals surface area contributed by atoms with Gasteiger partial charge in [-0.3, -0.25) is 0 Å². The molecule has 0 saturated heterocycles. The van der Waals surface area contributed by atoms with E-state index in [0.717, 1.165) is 18.2 Å². The molecule has 26 heavy (non-hydrogen) atoms. The second-order valence-electron chi connectivity index (χ2n) is 7.01. The van der Waals surface area contributed by atoms with Crippen LogP contribution in [0.1, 0.15) is 43.5 Å². The highest BCUT2D eigenvalue weighted by molar-refractivity contribution is 5.33. The topological polar surface area (TPSA) is 23.1 Å². The molecule has 0 fully saturated rings. The van der Waals surface area contributed by atoms with Gasteiger partial charge >= 0.3 is 6.18 Å². The van der Waals surface area contributed by atoms with Crippen molar-refractivity contribution in [3.8, 4) is 0 Å². The summed E-state index contributed by atoms with van der Waals surface area (Å²) in [5.41, 5.74) is -3.19. The van der Waals surface area contributed by atoms with Crippen LogP contribution in [-0.4, -0.2) is 10.6 Å². The number of hydroxylamine groups is 2. The zero-order valence-corrected chi connectivity index (χ0v) is 14.5. The van der Waals surface area contributed by atoms with Crippen LogP contribution in [0.15, 0.2) is 54.6 Å². The van der Waals surface area contributed by atoms with E-state index < -0.39 is 34.8 Å². The molecule has 1 radical (unpaired) electrons. The van der Waals surface area contributed by atoms with E-state index in [4.69, 9.17) is 0 Å². The molecule has 0 bridgehead atoms. The molecule has 0 amide bonds. The first kappa shape index (κ1) is 20.3. The highest BCUT2D eigenvalue weighted by Crippen LogP contribution is 2.46. The maximum atomic E-state index is 15.2. The number of halogens is 5. The smallest absolute Gasteiger partial charge is 0.199 e. The number of benzene rings is 2. The molecule has 2 aromatic carbocycles. The summed E-state index contributed by atoms with van der Waals surface area (Å²) in [5.74, 6) is -3.84. The highest BCUT2D eigenvalue weighted by Gasteiger charge is 2.50. The third-order valence-corrected chi connectivity index (χ3v) is 3.93. The number of nitrogens with zero attached hydrogens (tertiary/aromatic N) is 1. The summed E-state index contributed by atoms with van der Waals surface area (Å²) >= 11 is 0. The summed E-state index contributed by atoms with van der Waals surface area (Å²) in [6.45, 7) is 4.41. The van der Waals surface area contributed by atoms with Gasteiger partial charge in [0.15, 0.2) is 0 Å². The molecule has 1 unspecified atom stereocenters. The zero-order valence-electron chi connectivity index (χ0n) is 14.5. The lowest BCUT2D eigenvalue weighted by Crippen LogP contribution is -2.46. The van der Waals surface area contributed by atoms with E-state index in [9.17, 15) is 18.4 Å². The summed E-state index contributed by atoms with van der Waals surface area (Å²) in [6.07, 6.45) is -4.75. The third-order valence-electron chi connectivity index (χ3n) is 3.93. The zero-order chi connectivity index (χ0) is 19.8. The van der Waals surface area contributed by atoms with Crippen molar-refractivity contribution in [2.75, 3.05) is 0 Å². The number of rotatable bonds is 4. The van der Waals surface area contributed by atoms with E-state index in [1.165, 1.54) is 45.0 Å². The lowest BCUT2D eigenvalue weighted by Gasteiger charge is -2.38. The van der Waals surface area contributed by atoms with Gasteiger partial charge in [-0.15, -0.1) is 10.3 Å². The average Bonchev–Trinajstić information content (AvgIpc) is 2.54. The molecular formula is C19H19F5NO. The van der Waals surface area contributed by atoms with Crippen LogP contribution in [0.3, 0.4) is 0 Å². The van der Waals surface area contributed by atoms with Gasteiger partial charge in [-0.25, -0.2) is 0 Å². The fourth-order valence-electron chi connectivity index (χ4n) is 2.58. The molecule has 1 atom stereocenters. The molecule has 2 aromatic rings. The molecule has 0 saturated carbocycles. The molecule has 0 aliphatic rings. The van der Waals surface area contributed by atoms with Crippen molar-refractivity contribution < 1.29 is 27.2 Å². The van der Waals surface area contributed by atoms with Crippen molar-refractivity contribution in [3.05, 3.63) is 71.3 Å². The van der Waals surface area contributed by atoms with Crippen LogP contribution in [-0.2, 0) is 17.3 Å². The Bertz CT molecular complexity index is 738. The van der Waals surface area contributed by atoms with Gasteiger partial charge in [0.2, 0.25) is 0 Å². The number of hydrogen-bond donors (Lipinski definition) is 0. The van der Waals surface area contributed by atoms with E-state index in [1.54, 1.807) is 6.07 Å². The summed E-state index contributed by atoms with van der Waals surface area (Å²) in [7, 11) is 0. The van der Waals surface area contributed by atoms with Crippen LogP contribution < -0.4 is 0 Å². The van der Waals surface area contributed by atoms with Gasteiger partial charge in [0.1, 0.15) is 6.04 Å². The summed E-state index contributed by atoms with van der Waals surface area (Å²) < 4.78 is 69.2. The van der Waals surface area contributed by atoms with Crippen LogP contribution in [0.5, 0.6) is 0 Å². The second kappa shape index (κ2) is 6.96. The normalized spacial score (nSPS) is 14.5. The Morgan fingerprint density at radius 1 is 0.808 bits per heavy atom. The summed E-state index contributed by atoms with van der Waals surface area (Å²) in [6, 6.07) is 8.31. The molecule has 141 valence electrons. The predicted octanol–water partition coefficient (Wildman–Crippen LogP) is 5.98. The molecule has 0 heterocycles. The van der Waals surface area contributed by atoms with Crippen LogP contribution >= 0.6 is 0 Å². The van der Waals surface area contributed by atoms with Crippen LogP contribution in [0.2, 0.25) is 0 Å². The first-order chi connectivity index (χ1) is 11.8. The Morgan fingerprint density at radius 3 is 1.85 bits per heavy atom. The molecule has 0 aliphatic heterocycles. The van der Waals surface area contributed by atoms with Crippen LogP contribution in [0.4, 0.5) is 22.0 Å². The second-order valence-corrected chi connectivity index (χ2v) is 7.01. The minimum atomic E-state index is -4.75. The van der Waals surface area contributed by atoms with E-state index in [1.807, 2.05) is 0 Å². The first-order valence-corrected chi connectivity index (χ1v) is 7.92. The standard InChI is InChI=1S/C19H19F5NO/c1-17(2,3)25(26)16(13-8-5-4-6-9-13)18(20,21)14-10-7-11-15(12-14)19(22,23)24/h4-12,16H,1-3H3. The minimum absolute atomic E-state index is 0.0276. The van der Waals surface area contributed by atoms with Gasteiger partial charge in [0.05, 0.1) is 5.56 Å². The molecular weight excluding hydrogens is 353 g/mol. The van der Waals surface area contributed by atoms with Gasteiger partial charge in [-0.05, 0) is 38.5 Å². The van der Waals surface area contributed by atoms with Gasteiger partial charge in [0, 0.05) is 11.1 Å². The Balaban J connectivity index is 2.60. The lowest BCUT2D eigenvalue weighted by molar-refractivity contribution is -0.288. The predicted molar refractivity (Wildman–Crippen MR) is 86.8 cm³/mol. The van der Waals surface area contributed by atoms with Crippen LogP contribution in [0.25, 0.3) is 0 Å². The molecule has 7 heteroatoms. The Kier molecular flexibility index (Phi) is 5.44.